The predicted molar refractivity (Wildman–Crippen MR) is 55.6 cm³/mol. The maximum absolute atomic E-state index is 10.4. The minimum absolute atomic E-state index is 0.0163. The summed E-state index contributed by atoms with van der Waals surface area (Å²) in [5.41, 5.74) is 0.984. The highest BCUT2D eigenvalue weighted by Gasteiger charge is 2.12. The molecule has 4 nitrogen and oxygen atoms in total. The first-order valence-electron chi connectivity index (χ1n) is 4.40. The number of aliphatic carboxylic acids is 1. The van der Waals surface area contributed by atoms with Gasteiger partial charge in [-0.3, -0.25) is 10.1 Å². The molecule has 0 aliphatic rings. The third-order valence-corrected chi connectivity index (χ3v) is 3.15. The van der Waals surface area contributed by atoms with Gasteiger partial charge in [-0.25, -0.2) is 4.98 Å². The van der Waals surface area contributed by atoms with E-state index in [-0.39, 0.29) is 12.6 Å². The summed E-state index contributed by atoms with van der Waals surface area (Å²) in [6.07, 6.45) is 0. The molecule has 0 spiro atoms. The lowest BCUT2D eigenvalue weighted by atomic mass is 10.2. The molecule has 0 bridgehead atoms. The van der Waals surface area contributed by atoms with Gasteiger partial charge in [0.25, 0.3) is 0 Å². The highest BCUT2D eigenvalue weighted by molar-refractivity contribution is 7.11. The van der Waals surface area contributed by atoms with Crippen LogP contribution >= 0.6 is 11.3 Å². The second-order valence-corrected chi connectivity index (χ2v) is 4.41. The Morgan fingerprint density at radius 1 is 1.64 bits per heavy atom. The van der Waals surface area contributed by atoms with Crippen LogP contribution in [0.4, 0.5) is 0 Å². The zero-order valence-corrected chi connectivity index (χ0v) is 9.31. The van der Waals surface area contributed by atoms with Crippen LogP contribution in [0.3, 0.4) is 0 Å². The monoisotopic (exact) mass is 214 g/mol. The molecule has 5 heteroatoms. The number of hydrogen-bond donors (Lipinski definition) is 2. The third-order valence-electron chi connectivity index (χ3n) is 1.89. The second kappa shape index (κ2) is 4.52. The molecule has 0 amide bonds. The fourth-order valence-electron chi connectivity index (χ4n) is 1.28. The van der Waals surface area contributed by atoms with Crippen molar-refractivity contribution in [2.75, 3.05) is 6.54 Å². The molecule has 1 atom stereocenters. The van der Waals surface area contributed by atoms with Gasteiger partial charge in [0.2, 0.25) is 0 Å². The number of carboxylic acid groups (broad SMARTS) is 1. The Morgan fingerprint density at radius 3 is 2.71 bits per heavy atom. The topological polar surface area (TPSA) is 62.2 Å². The zero-order valence-electron chi connectivity index (χ0n) is 8.50. The maximum atomic E-state index is 10.4. The first-order valence-corrected chi connectivity index (χ1v) is 5.21. The molecule has 1 aromatic heterocycles. The molecule has 0 radical (unpaired) electrons. The number of carbonyl (C=O) groups is 1. The highest BCUT2D eigenvalue weighted by Crippen LogP contribution is 2.23. The molecule has 1 aromatic rings. The Balaban J connectivity index is 2.64. The van der Waals surface area contributed by atoms with Crippen LogP contribution in [0.5, 0.6) is 0 Å². The van der Waals surface area contributed by atoms with Gasteiger partial charge in [0.1, 0.15) is 0 Å². The highest BCUT2D eigenvalue weighted by atomic mass is 32.1. The number of carboxylic acids is 1. The van der Waals surface area contributed by atoms with E-state index in [0.29, 0.717) is 0 Å². The molecule has 1 heterocycles. The van der Waals surface area contributed by atoms with Crippen LogP contribution in [0.25, 0.3) is 0 Å². The number of nitrogens with zero attached hydrogens (tertiary/aromatic N) is 1. The molecule has 0 fully saturated rings. The number of hydrogen-bond acceptors (Lipinski definition) is 4. The van der Waals surface area contributed by atoms with Crippen molar-refractivity contribution in [1.29, 1.82) is 0 Å². The maximum Gasteiger partial charge on any atom is 0.317 e. The molecule has 14 heavy (non-hydrogen) atoms. The molecule has 1 unspecified atom stereocenters. The molecule has 0 aromatic carbocycles. The van der Waals surface area contributed by atoms with Crippen molar-refractivity contribution in [3.63, 3.8) is 0 Å². The van der Waals surface area contributed by atoms with Crippen LogP contribution in [0.1, 0.15) is 28.5 Å². The summed E-state index contributed by atoms with van der Waals surface area (Å²) in [6.45, 7) is 5.82. The summed E-state index contributed by atoms with van der Waals surface area (Å²) in [5.74, 6) is -0.837. The van der Waals surface area contributed by atoms with E-state index < -0.39 is 5.97 Å². The van der Waals surface area contributed by atoms with Gasteiger partial charge in [-0.15, -0.1) is 11.3 Å². The molecule has 0 saturated heterocycles. The van der Waals surface area contributed by atoms with Gasteiger partial charge in [-0.05, 0) is 20.8 Å². The Labute approximate surface area is 87.0 Å². The Hall–Kier alpha value is -0.940. The average molecular weight is 214 g/mol. The molecule has 78 valence electrons. The predicted octanol–water partition coefficient (Wildman–Crippen LogP) is 1.50. The lowest BCUT2D eigenvalue weighted by Gasteiger charge is -2.10. The van der Waals surface area contributed by atoms with Gasteiger partial charge in [0.05, 0.1) is 17.2 Å². The third kappa shape index (κ3) is 2.78. The normalized spacial score (nSPS) is 12.8. The molecular formula is C9H14N2O2S. The quantitative estimate of drug-likeness (QED) is 0.797. The van der Waals surface area contributed by atoms with Gasteiger partial charge in [0, 0.05) is 10.9 Å². The van der Waals surface area contributed by atoms with E-state index >= 15 is 0 Å². The summed E-state index contributed by atoms with van der Waals surface area (Å²) in [7, 11) is 0. The van der Waals surface area contributed by atoms with Gasteiger partial charge in [-0.1, -0.05) is 0 Å². The Kier molecular flexibility index (Phi) is 3.60. The minimum Gasteiger partial charge on any atom is -0.480 e. The average Bonchev–Trinajstić information content (AvgIpc) is 2.41. The summed E-state index contributed by atoms with van der Waals surface area (Å²) in [4.78, 5) is 15.8. The van der Waals surface area contributed by atoms with E-state index in [1.54, 1.807) is 11.3 Å². The van der Waals surface area contributed by atoms with Crippen LogP contribution < -0.4 is 5.32 Å². The molecule has 0 aliphatic carbocycles. The van der Waals surface area contributed by atoms with Crippen LogP contribution in [0, 0.1) is 13.8 Å². The van der Waals surface area contributed by atoms with Crippen molar-refractivity contribution < 1.29 is 9.90 Å². The van der Waals surface area contributed by atoms with Crippen LogP contribution in [0.15, 0.2) is 0 Å². The van der Waals surface area contributed by atoms with Gasteiger partial charge >= 0.3 is 5.97 Å². The summed E-state index contributed by atoms with van der Waals surface area (Å²) in [6, 6.07) is 0.0531. The molecular weight excluding hydrogens is 200 g/mol. The lowest BCUT2D eigenvalue weighted by Crippen LogP contribution is -2.25. The van der Waals surface area contributed by atoms with Crippen molar-refractivity contribution in [2.45, 2.75) is 26.8 Å². The standard InChI is InChI=1S/C9H14N2O2S/c1-5(10-4-8(12)13)9-6(2)11-7(3)14-9/h5,10H,4H2,1-3H3,(H,12,13). The van der Waals surface area contributed by atoms with Crippen molar-refractivity contribution in [3.05, 3.63) is 15.6 Å². The van der Waals surface area contributed by atoms with E-state index in [2.05, 4.69) is 10.3 Å². The van der Waals surface area contributed by atoms with E-state index in [9.17, 15) is 4.79 Å². The number of aromatic nitrogens is 1. The first kappa shape index (κ1) is 11.1. The first-order chi connectivity index (χ1) is 6.50. The molecule has 0 saturated carbocycles. The largest absolute Gasteiger partial charge is 0.480 e. The molecule has 1 rings (SSSR count). The fourth-order valence-corrected chi connectivity index (χ4v) is 2.24. The Morgan fingerprint density at radius 2 is 2.29 bits per heavy atom. The second-order valence-electron chi connectivity index (χ2n) is 3.18. The van der Waals surface area contributed by atoms with Crippen LogP contribution in [0.2, 0.25) is 0 Å². The number of rotatable bonds is 4. The minimum atomic E-state index is -0.837. The van der Waals surface area contributed by atoms with Crippen LogP contribution in [-0.4, -0.2) is 22.6 Å². The van der Waals surface area contributed by atoms with Gasteiger partial charge in [0.15, 0.2) is 0 Å². The summed E-state index contributed by atoms with van der Waals surface area (Å²) >= 11 is 1.61. The Bertz CT molecular complexity index is 336. The van der Waals surface area contributed by atoms with Gasteiger partial charge in [-0.2, -0.15) is 0 Å². The number of nitrogens with one attached hydrogen (secondary N) is 1. The van der Waals surface area contributed by atoms with E-state index in [1.807, 2.05) is 20.8 Å². The number of thiazole rings is 1. The van der Waals surface area contributed by atoms with E-state index in [1.165, 1.54) is 0 Å². The summed E-state index contributed by atoms with van der Waals surface area (Å²) < 4.78 is 0. The van der Waals surface area contributed by atoms with Crippen molar-refractivity contribution in [2.24, 2.45) is 0 Å². The van der Waals surface area contributed by atoms with Crippen LogP contribution in [-0.2, 0) is 4.79 Å². The fraction of sp³-hybridized carbons (Fsp3) is 0.556. The van der Waals surface area contributed by atoms with Crippen molar-refractivity contribution in [1.82, 2.24) is 10.3 Å². The number of aryl methyl sites for hydroxylation is 2. The van der Waals surface area contributed by atoms with Crippen molar-refractivity contribution >= 4 is 17.3 Å². The molecule has 2 N–H and O–H groups in total. The lowest BCUT2D eigenvalue weighted by molar-refractivity contribution is -0.136. The summed E-state index contributed by atoms with van der Waals surface area (Å²) in [5, 5.41) is 12.4. The smallest absolute Gasteiger partial charge is 0.317 e. The van der Waals surface area contributed by atoms with E-state index in [0.717, 1.165) is 15.6 Å². The molecule has 0 aliphatic heterocycles. The SMILES string of the molecule is Cc1nc(C)c(C(C)NCC(=O)O)s1. The van der Waals surface area contributed by atoms with E-state index in [4.69, 9.17) is 5.11 Å². The zero-order chi connectivity index (χ0) is 10.7. The van der Waals surface area contributed by atoms with Gasteiger partial charge < -0.3 is 5.11 Å². The van der Waals surface area contributed by atoms with Crippen molar-refractivity contribution in [3.8, 4) is 0 Å².